The van der Waals surface area contributed by atoms with Crippen molar-refractivity contribution < 1.29 is 4.79 Å². The second kappa shape index (κ2) is 9.88. The van der Waals surface area contributed by atoms with Crippen molar-refractivity contribution in [1.29, 1.82) is 5.26 Å². The van der Waals surface area contributed by atoms with Crippen molar-refractivity contribution in [1.82, 2.24) is 14.9 Å². The van der Waals surface area contributed by atoms with Crippen LogP contribution in [-0.2, 0) is 4.79 Å². The van der Waals surface area contributed by atoms with E-state index in [1.54, 1.807) is 6.07 Å². The summed E-state index contributed by atoms with van der Waals surface area (Å²) in [5.41, 5.74) is 2.78. The maximum atomic E-state index is 12.7. The first-order chi connectivity index (χ1) is 16.2. The van der Waals surface area contributed by atoms with Gasteiger partial charge in [-0.15, -0.1) is 0 Å². The number of thiazole rings is 1. The SMILES string of the molecule is N#Cc1ccc2nc(Nc3cc(C4CCN(C(=O)CCC5CCCC5)CC4)ccn3)sc2c1. The lowest BCUT2D eigenvalue weighted by Gasteiger charge is -2.32. The predicted octanol–water partition coefficient (Wildman–Crippen LogP) is 5.98. The molecular weight excluding hydrogens is 430 g/mol. The van der Waals surface area contributed by atoms with E-state index in [1.165, 1.54) is 42.6 Å². The third-order valence-corrected chi connectivity index (χ3v) is 8.03. The van der Waals surface area contributed by atoms with Crippen LogP contribution < -0.4 is 5.32 Å². The minimum absolute atomic E-state index is 0.341. The Morgan fingerprint density at radius 2 is 1.97 bits per heavy atom. The number of nitrogens with one attached hydrogen (secondary N) is 1. The van der Waals surface area contributed by atoms with Crippen LogP contribution in [-0.4, -0.2) is 33.9 Å². The summed E-state index contributed by atoms with van der Waals surface area (Å²) in [6.45, 7) is 1.69. The molecular formula is C26H29N5OS. The van der Waals surface area contributed by atoms with E-state index < -0.39 is 0 Å². The molecule has 2 aromatic heterocycles. The molecule has 0 spiro atoms. The van der Waals surface area contributed by atoms with Crippen LogP contribution >= 0.6 is 11.3 Å². The number of fused-ring (bicyclic) bond motifs is 1. The number of aromatic nitrogens is 2. The largest absolute Gasteiger partial charge is 0.343 e. The molecule has 170 valence electrons. The highest BCUT2D eigenvalue weighted by molar-refractivity contribution is 7.22. The second-order valence-electron chi connectivity index (χ2n) is 9.26. The molecule has 7 heteroatoms. The molecule has 2 aliphatic rings. The molecule has 3 heterocycles. The number of hydrogen-bond acceptors (Lipinski definition) is 6. The molecule has 0 atom stereocenters. The summed E-state index contributed by atoms with van der Waals surface area (Å²) in [4.78, 5) is 23.8. The maximum Gasteiger partial charge on any atom is 0.222 e. The molecule has 1 saturated heterocycles. The summed E-state index contributed by atoms with van der Waals surface area (Å²) in [5.74, 6) is 2.34. The Morgan fingerprint density at radius 3 is 2.76 bits per heavy atom. The molecule has 5 rings (SSSR count). The van der Waals surface area contributed by atoms with Crippen LogP contribution in [0.2, 0.25) is 0 Å². The average Bonchev–Trinajstić information content (AvgIpc) is 3.51. The van der Waals surface area contributed by atoms with Crippen molar-refractivity contribution in [2.24, 2.45) is 5.92 Å². The van der Waals surface area contributed by atoms with Gasteiger partial charge in [0.15, 0.2) is 5.13 Å². The number of nitrogens with zero attached hydrogens (tertiary/aromatic N) is 4. The van der Waals surface area contributed by atoms with Gasteiger partial charge in [0.05, 0.1) is 21.8 Å². The van der Waals surface area contributed by atoms with E-state index >= 15 is 0 Å². The Hall–Kier alpha value is -2.98. The van der Waals surface area contributed by atoms with Gasteiger partial charge in [0, 0.05) is 25.7 Å². The molecule has 0 bridgehead atoms. The van der Waals surface area contributed by atoms with E-state index in [2.05, 4.69) is 38.4 Å². The van der Waals surface area contributed by atoms with Crippen LogP contribution in [0.15, 0.2) is 36.5 Å². The zero-order valence-electron chi connectivity index (χ0n) is 18.8. The number of carbonyl (C=O) groups is 1. The topological polar surface area (TPSA) is 81.9 Å². The molecule has 6 nitrogen and oxygen atoms in total. The van der Waals surface area contributed by atoms with Crippen molar-refractivity contribution >= 4 is 38.4 Å². The summed E-state index contributed by atoms with van der Waals surface area (Å²) in [5, 5.41) is 13.2. The van der Waals surface area contributed by atoms with Crippen LogP contribution in [0.5, 0.6) is 0 Å². The standard InChI is InChI=1S/C26H29N5OS/c27-17-19-5-7-22-23(15-19)33-26(29-22)30-24-16-21(9-12-28-24)20-10-13-31(14-11-20)25(32)8-6-18-3-1-2-4-18/h5,7,9,12,15-16,18,20H,1-4,6,8,10-11,13-14H2,(H,28,29,30). The Morgan fingerprint density at radius 1 is 1.15 bits per heavy atom. The summed E-state index contributed by atoms with van der Waals surface area (Å²) in [6, 6.07) is 11.9. The molecule has 1 aliphatic carbocycles. The molecule has 0 radical (unpaired) electrons. The van der Waals surface area contributed by atoms with E-state index in [9.17, 15) is 4.79 Å². The fourth-order valence-corrected chi connectivity index (χ4v) is 6.09. The van der Waals surface area contributed by atoms with Gasteiger partial charge in [-0.1, -0.05) is 37.0 Å². The second-order valence-corrected chi connectivity index (χ2v) is 10.3. The average molecular weight is 460 g/mol. The number of amides is 1. The van der Waals surface area contributed by atoms with E-state index in [0.717, 1.165) is 65.9 Å². The highest BCUT2D eigenvalue weighted by Crippen LogP contribution is 2.33. The van der Waals surface area contributed by atoms with Gasteiger partial charge >= 0.3 is 0 Å². The minimum atomic E-state index is 0.341. The number of hydrogen-bond donors (Lipinski definition) is 1. The number of piperidine rings is 1. The number of nitriles is 1. The molecule has 33 heavy (non-hydrogen) atoms. The van der Waals surface area contributed by atoms with Gasteiger partial charge in [-0.25, -0.2) is 9.97 Å². The molecule has 3 aromatic rings. The first-order valence-corrected chi connectivity index (χ1v) is 12.8. The smallest absolute Gasteiger partial charge is 0.222 e. The minimum Gasteiger partial charge on any atom is -0.343 e. The zero-order valence-corrected chi connectivity index (χ0v) is 19.6. The highest BCUT2D eigenvalue weighted by atomic mass is 32.1. The lowest BCUT2D eigenvalue weighted by molar-refractivity contribution is -0.132. The molecule has 0 unspecified atom stereocenters. The van der Waals surface area contributed by atoms with Crippen LogP contribution in [0, 0.1) is 17.2 Å². The fraction of sp³-hybridized carbons (Fsp3) is 0.462. The van der Waals surface area contributed by atoms with Gasteiger partial charge in [-0.3, -0.25) is 4.79 Å². The Kier molecular flexibility index (Phi) is 6.54. The van der Waals surface area contributed by atoms with E-state index in [1.807, 2.05) is 18.3 Å². The Bertz CT molecular complexity index is 1170. The van der Waals surface area contributed by atoms with Crippen LogP contribution in [0.25, 0.3) is 10.2 Å². The predicted molar refractivity (Wildman–Crippen MR) is 132 cm³/mol. The van der Waals surface area contributed by atoms with Crippen molar-refractivity contribution in [3.05, 3.63) is 47.7 Å². The zero-order chi connectivity index (χ0) is 22.6. The Balaban J connectivity index is 1.17. The summed E-state index contributed by atoms with van der Waals surface area (Å²) < 4.78 is 0.984. The highest BCUT2D eigenvalue weighted by Gasteiger charge is 2.25. The molecule has 2 fully saturated rings. The molecule has 1 N–H and O–H groups in total. The summed E-state index contributed by atoms with van der Waals surface area (Å²) in [6.07, 6.45) is 10.9. The van der Waals surface area contributed by atoms with Gasteiger partial charge in [-0.05, 0) is 67.0 Å². The quantitative estimate of drug-likeness (QED) is 0.490. The van der Waals surface area contributed by atoms with Gasteiger partial charge < -0.3 is 10.2 Å². The molecule has 1 aromatic carbocycles. The normalized spacial score (nSPS) is 17.4. The lowest BCUT2D eigenvalue weighted by Crippen LogP contribution is -2.38. The van der Waals surface area contributed by atoms with Crippen LogP contribution in [0.1, 0.15) is 68.4 Å². The van der Waals surface area contributed by atoms with Crippen molar-refractivity contribution in [2.75, 3.05) is 18.4 Å². The van der Waals surface area contributed by atoms with Gasteiger partial charge in [0.25, 0.3) is 0 Å². The molecule has 1 amide bonds. The van der Waals surface area contributed by atoms with Gasteiger partial charge in [-0.2, -0.15) is 5.26 Å². The number of carbonyl (C=O) groups excluding carboxylic acids is 1. The first kappa shape index (κ1) is 21.8. The summed E-state index contributed by atoms with van der Waals surface area (Å²) >= 11 is 1.52. The van der Waals surface area contributed by atoms with E-state index in [0.29, 0.717) is 17.4 Å². The number of likely N-dealkylation sites (tertiary alicyclic amines) is 1. The van der Waals surface area contributed by atoms with Crippen molar-refractivity contribution in [3.63, 3.8) is 0 Å². The van der Waals surface area contributed by atoms with Gasteiger partial charge in [0.1, 0.15) is 5.82 Å². The van der Waals surface area contributed by atoms with E-state index in [4.69, 9.17) is 5.26 Å². The first-order valence-electron chi connectivity index (χ1n) is 12.0. The van der Waals surface area contributed by atoms with Crippen molar-refractivity contribution in [3.8, 4) is 6.07 Å². The van der Waals surface area contributed by atoms with Crippen LogP contribution in [0.4, 0.5) is 10.9 Å². The lowest BCUT2D eigenvalue weighted by atomic mass is 9.89. The van der Waals surface area contributed by atoms with Gasteiger partial charge in [0.2, 0.25) is 5.91 Å². The number of rotatable bonds is 6. The number of benzene rings is 1. The van der Waals surface area contributed by atoms with Crippen LogP contribution in [0.3, 0.4) is 0 Å². The molecule has 1 saturated carbocycles. The third kappa shape index (κ3) is 5.17. The maximum absolute atomic E-state index is 12.7. The third-order valence-electron chi connectivity index (χ3n) is 7.10. The van der Waals surface area contributed by atoms with E-state index in [-0.39, 0.29) is 0 Å². The number of pyridine rings is 1. The Labute approximate surface area is 198 Å². The fourth-order valence-electron chi connectivity index (χ4n) is 5.17. The number of anilines is 2. The molecule has 1 aliphatic heterocycles. The van der Waals surface area contributed by atoms with Crippen molar-refractivity contribution in [2.45, 2.75) is 57.3 Å². The monoisotopic (exact) mass is 459 g/mol. The summed E-state index contributed by atoms with van der Waals surface area (Å²) in [7, 11) is 0.